The first kappa shape index (κ1) is 19.5. The van der Waals surface area contributed by atoms with E-state index >= 15 is 0 Å². The molecule has 0 aliphatic carbocycles. The molecule has 28 heavy (non-hydrogen) atoms. The average Bonchev–Trinajstić information content (AvgIpc) is 2.74. The van der Waals surface area contributed by atoms with E-state index < -0.39 is 5.41 Å². The van der Waals surface area contributed by atoms with E-state index in [1.54, 1.807) is 31.2 Å². The predicted octanol–water partition coefficient (Wildman–Crippen LogP) is 6.21. The summed E-state index contributed by atoms with van der Waals surface area (Å²) in [5, 5.41) is 7.15. The molecule has 0 aliphatic heterocycles. The zero-order valence-corrected chi connectivity index (χ0v) is 16.1. The smallest absolute Gasteiger partial charge is 0.234 e. The molecule has 1 N–H and O–H groups in total. The van der Waals surface area contributed by atoms with Crippen molar-refractivity contribution in [1.29, 1.82) is 0 Å². The first-order valence-electron chi connectivity index (χ1n) is 8.77. The minimum Gasteiger partial charge on any atom is -0.325 e. The van der Waals surface area contributed by atoms with Gasteiger partial charge in [-0.05, 0) is 53.4 Å². The number of hydrogen-bond donors (Lipinski definition) is 1. The van der Waals surface area contributed by atoms with Gasteiger partial charge in [-0.3, -0.25) is 4.79 Å². The van der Waals surface area contributed by atoms with Crippen LogP contribution in [-0.2, 0) is 10.2 Å². The summed E-state index contributed by atoms with van der Waals surface area (Å²) in [6.45, 7) is 1.78. The molecular formula is C22H19ClN4O. The summed E-state index contributed by atoms with van der Waals surface area (Å²) in [5.41, 5.74) is 11.3. The summed E-state index contributed by atoms with van der Waals surface area (Å²) in [5.74, 6) is -0.255. The maximum Gasteiger partial charge on any atom is 0.234 e. The Bertz CT molecular complexity index is 997. The number of azide groups is 1. The zero-order valence-electron chi connectivity index (χ0n) is 15.3. The Labute approximate surface area is 168 Å². The minimum absolute atomic E-state index is 0.00755. The fourth-order valence-corrected chi connectivity index (χ4v) is 3.06. The number of halogens is 1. The van der Waals surface area contributed by atoms with Gasteiger partial charge in [-0.1, -0.05) is 71.3 Å². The van der Waals surface area contributed by atoms with Crippen molar-refractivity contribution in [3.63, 3.8) is 0 Å². The fourth-order valence-electron chi connectivity index (χ4n) is 2.93. The van der Waals surface area contributed by atoms with E-state index in [0.29, 0.717) is 10.7 Å². The maximum absolute atomic E-state index is 13.1. The second kappa shape index (κ2) is 8.61. The van der Waals surface area contributed by atoms with Gasteiger partial charge in [0, 0.05) is 22.2 Å². The number of carbonyl (C=O) groups is 1. The van der Waals surface area contributed by atoms with Crippen molar-refractivity contribution >= 4 is 23.2 Å². The molecule has 0 heterocycles. The van der Waals surface area contributed by atoms with E-state index in [0.717, 1.165) is 16.7 Å². The Morgan fingerprint density at radius 1 is 1.00 bits per heavy atom. The standard InChI is InChI=1S/C22H19ClN4O/c1-22(15-25-27-24,21(28)26-20-13-11-19(23)12-14-20)18-9-7-17(8-10-18)16-5-3-2-4-6-16/h2-14H,15H2,1H3,(H,26,28). The normalized spacial score (nSPS) is 12.5. The van der Waals surface area contributed by atoms with Crippen molar-refractivity contribution in [2.45, 2.75) is 12.3 Å². The van der Waals surface area contributed by atoms with Gasteiger partial charge in [0.1, 0.15) is 0 Å². The fraction of sp³-hybridized carbons (Fsp3) is 0.136. The lowest BCUT2D eigenvalue weighted by Crippen LogP contribution is -2.40. The molecule has 0 fully saturated rings. The quantitative estimate of drug-likeness (QED) is 0.303. The number of nitrogens with one attached hydrogen (secondary N) is 1. The maximum atomic E-state index is 13.1. The average molecular weight is 391 g/mol. The highest BCUT2D eigenvalue weighted by Crippen LogP contribution is 2.29. The summed E-state index contributed by atoms with van der Waals surface area (Å²) >= 11 is 5.90. The van der Waals surface area contributed by atoms with Crippen molar-refractivity contribution in [2.24, 2.45) is 5.11 Å². The number of rotatable bonds is 6. The SMILES string of the molecule is CC(CN=[N+]=[N-])(C(=O)Nc1ccc(Cl)cc1)c1ccc(-c2ccccc2)cc1. The highest BCUT2D eigenvalue weighted by atomic mass is 35.5. The number of nitrogens with zero attached hydrogens (tertiary/aromatic N) is 3. The van der Waals surface area contributed by atoms with Crippen molar-refractivity contribution in [3.05, 3.63) is 99.9 Å². The highest BCUT2D eigenvalue weighted by molar-refractivity contribution is 6.30. The molecule has 0 saturated heterocycles. The molecule has 3 rings (SSSR count). The molecule has 3 aromatic carbocycles. The van der Waals surface area contributed by atoms with Crippen LogP contribution in [0.15, 0.2) is 84.0 Å². The molecule has 0 aromatic heterocycles. The zero-order chi connectivity index (χ0) is 20.0. The predicted molar refractivity (Wildman–Crippen MR) is 113 cm³/mol. The van der Waals surface area contributed by atoms with Crippen molar-refractivity contribution < 1.29 is 4.79 Å². The van der Waals surface area contributed by atoms with Gasteiger partial charge >= 0.3 is 0 Å². The third-order valence-electron chi connectivity index (χ3n) is 4.68. The summed E-state index contributed by atoms with van der Waals surface area (Å²) in [7, 11) is 0. The van der Waals surface area contributed by atoms with Crippen LogP contribution in [0.2, 0.25) is 5.02 Å². The van der Waals surface area contributed by atoms with E-state index in [1.807, 2.05) is 54.6 Å². The van der Waals surface area contributed by atoms with E-state index in [-0.39, 0.29) is 12.5 Å². The topological polar surface area (TPSA) is 77.9 Å². The van der Waals surface area contributed by atoms with E-state index in [1.165, 1.54) is 0 Å². The summed E-state index contributed by atoms with van der Waals surface area (Å²) in [6.07, 6.45) is 0. The second-order valence-corrected chi connectivity index (χ2v) is 7.06. The Morgan fingerprint density at radius 2 is 1.61 bits per heavy atom. The molecule has 6 heteroatoms. The van der Waals surface area contributed by atoms with Crippen LogP contribution >= 0.6 is 11.6 Å². The third-order valence-corrected chi connectivity index (χ3v) is 4.93. The third kappa shape index (κ3) is 4.34. The largest absolute Gasteiger partial charge is 0.325 e. The van der Waals surface area contributed by atoms with Gasteiger partial charge in [0.2, 0.25) is 5.91 Å². The van der Waals surface area contributed by atoms with Crippen LogP contribution in [0.1, 0.15) is 12.5 Å². The highest BCUT2D eigenvalue weighted by Gasteiger charge is 2.34. The lowest BCUT2D eigenvalue weighted by atomic mass is 9.81. The Morgan fingerprint density at radius 3 is 2.21 bits per heavy atom. The van der Waals surface area contributed by atoms with Gasteiger partial charge in [-0.15, -0.1) is 0 Å². The molecule has 0 bridgehead atoms. The van der Waals surface area contributed by atoms with Crippen LogP contribution in [0, 0.1) is 0 Å². The summed E-state index contributed by atoms with van der Waals surface area (Å²) in [4.78, 5) is 15.9. The van der Waals surface area contributed by atoms with Gasteiger partial charge in [-0.25, -0.2) is 0 Å². The number of anilines is 1. The molecule has 0 aliphatic rings. The van der Waals surface area contributed by atoms with Crippen LogP contribution in [0.3, 0.4) is 0 Å². The monoisotopic (exact) mass is 390 g/mol. The molecule has 1 amide bonds. The summed E-state index contributed by atoms with van der Waals surface area (Å²) < 4.78 is 0. The van der Waals surface area contributed by atoms with Crippen molar-refractivity contribution in [1.82, 2.24) is 0 Å². The first-order chi connectivity index (χ1) is 13.5. The molecule has 3 aromatic rings. The van der Waals surface area contributed by atoms with Crippen LogP contribution in [0.4, 0.5) is 5.69 Å². The van der Waals surface area contributed by atoms with Gasteiger partial charge < -0.3 is 5.32 Å². The minimum atomic E-state index is -1.01. The Hall–Kier alpha value is -3.27. The number of amides is 1. The van der Waals surface area contributed by atoms with Crippen molar-refractivity contribution in [3.8, 4) is 11.1 Å². The van der Waals surface area contributed by atoms with Gasteiger partial charge in [-0.2, -0.15) is 0 Å². The van der Waals surface area contributed by atoms with E-state index in [4.69, 9.17) is 17.1 Å². The first-order valence-corrected chi connectivity index (χ1v) is 9.14. The Kier molecular flexibility index (Phi) is 5.99. The lowest BCUT2D eigenvalue weighted by molar-refractivity contribution is -0.120. The number of benzene rings is 3. The van der Waals surface area contributed by atoms with Crippen LogP contribution in [0.25, 0.3) is 21.6 Å². The molecule has 140 valence electrons. The molecule has 1 atom stereocenters. The van der Waals surface area contributed by atoms with Crippen LogP contribution in [-0.4, -0.2) is 12.5 Å². The van der Waals surface area contributed by atoms with Crippen LogP contribution in [0.5, 0.6) is 0 Å². The molecule has 0 radical (unpaired) electrons. The Balaban J connectivity index is 1.90. The number of hydrogen-bond acceptors (Lipinski definition) is 2. The summed E-state index contributed by atoms with van der Waals surface area (Å²) in [6, 6.07) is 24.6. The van der Waals surface area contributed by atoms with Gasteiger partial charge in [0.15, 0.2) is 0 Å². The van der Waals surface area contributed by atoms with Crippen molar-refractivity contribution in [2.75, 3.05) is 11.9 Å². The van der Waals surface area contributed by atoms with E-state index in [2.05, 4.69) is 15.3 Å². The van der Waals surface area contributed by atoms with Gasteiger partial charge in [0.05, 0.1) is 5.41 Å². The molecular weight excluding hydrogens is 372 g/mol. The number of carbonyl (C=O) groups excluding carboxylic acids is 1. The second-order valence-electron chi connectivity index (χ2n) is 6.63. The molecule has 5 nitrogen and oxygen atoms in total. The van der Waals surface area contributed by atoms with Gasteiger partial charge in [0.25, 0.3) is 0 Å². The molecule has 0 saturated carbocycles. The lowest BCUT2D eigenvalue weighted by Gasteiger charge is -2.27. The van der Waals surface area contributed by atoms with Crippen LogP contribution < -0.4 is 5.32 Å². The van der Waals surface area contributed by atoms with E-state index in [9.17, 15) is 4.79 Å². The molecule has 1 unspecified atom stereocenters. The molecule has 0 spiro atoms.